The van der Waals surface area contributed by atoms with Crippen LogP contribution in [0.4, 0.5) is 0 Å². The zero-order chi connectivity index (χ0) is 16.9. The SMILES string of the molecule is CC(C(=O)N(C)C(C)C1(C)CC1)N1C(=O)C2CCCCC2C1=O. The van der Waals surface area contributed by atoms with Crippen LogP contribution in [0, 0.1) is 17.3 Å². The number of nitrogens with zero attached hydrogens (tertiary/aromatic N) is 2. The fourth-order valence-corrected chi connectivity index (χ4v) is 4.25. The normalized spacial score (nSPS) is 31.6. The maximum Gasteiger partial charge on any atom is 0.245 e. The molecular formula is C18H28N2O3. The molecule has 3 amide bonds. The lowest BCUT2D eigenvalue weighted by atomic mass is 9.81. The molecule has 2 saturated carbocycles. The molecule has 128 valence electrons. The van der Waals surface area contributed by atoms with Crippen molar-refractivity contribution in [1.29, 1.82) is 0 Å². The van der Waals surface area contributed by atoms with Crippen molar-refractivity contribution in [3.63, 3.8) is 0 Å². The highest BCUT2D eigenvalue weighted by Gasteiger charge is 2.52. The number of imide groups is 1. The van der Waals surface area contributed by atoms with Crippen molar-refractivity contribution in [3.05, 3.63) is 0 Å². The summed E-state index contributed by atoms with van der Waals surface area (Å²) in [5.41, 5.74) is 0.192. The fourth-order valence-electron chi connectivity index (χ4n) is 4.25. The largest absolute Gasteiger partial charge is 0.341 e. The predicted molar refractivity (Wildman–Crippen MR) is 86.3 cm³/mol. The van der Waals surface area contributed by atoms with Gasteiger partial charge in [-0.1, -0.05) is 19.8 Å². The average Bonchev–Trinajstić information content (AvgIpc) is 3.25. The Bertz CT molecular complexity index is 516. The molecule has 1 saturated heterocycles. The first-order chi connectivity index (χ1) is 10.8. The Kier molecular flexibility index (Phi) is 4.01. The minimum Gasteiger partial charge on any atom is -0.341 e. The summed E-state index contributed by atoms with van der Waals surface area (Å²) in [5.74, 6) is -0.741. The Morgan fingerprint density at radius 1 is 1.13 bits per heavy atom. The number of likely N-dealkylation sites (tertiary alicyclic amines) is 1. The monoisotopic (exact) mass is 320 g/mol. The highest BCUT2D eigenvalue weighted by Crippen LogP contribution is 2.49. The number of carbonyl (C=O) groups is 3. The quantitative estimate of drug-likeness (QED) is 0.746. The second kappa shape index (κ2) is 5.60. The van der Waals surface area contributed by atoms with Gasteiger partial charge in [0.15, 0.2) is 0 Å². The van der Waals surface area contributed by atoms with E-state index in [1.165, 1.54) is 4.90 Å². The number of hydrogen-bond donors (Lipinski definition) is 0. The molecule has 5 nitrogen and oxygen atoms in total. The van der Waals surface area contributed by atoms with Crippen LogP contribution in [-0.2, 0) is 14.4 Å². The molecule has 0 N–H and O–H groups in total. The van der Waals surface area contributed by atoms with Crippen molar-refractivity contribution < 1.29 is 14.4 Å². The first kappa shape index (κ1) is 16.5. The summed E-state index contributed by atoms with van der Waals surface area (Å²) in [4.78, 5) is 41.1. The van der Waals surface area contributed by atoms with Crippen molar-refractivity contribution >= 4 is 17.7 Å². The van der Waals surface area contributed by atoms with E-state index in [-0.39, 0.29) is 41.0 Å². The van der Waals surface area contributed by atoms with Crippen LogP contribution in [-0.4, -0.2) is 46.7 Å². The smallest absolute Gasteiger partial charge is 0.245 e. The summed E-state index contributed by atoms with van der Waals surface area (Å²) in [6, 6.07) is -0.553. The number of amides is 3. The molecule has 3 fully saturated rings. The molecule has 0 spiro atoms. The first-order valence-corrected chi connectivity index (χ1v) is 8.91. The lowest BCUT2D eigenvalue weighted by Gasteiger charge is -2.34. The van der Waals surface area contributed by atoms with E-state index in [2.05, 4.69) is 13.8 Å². The number of hydrogen-bond acceptors (Lipinski definition) is 3. The van der Waals surface area contributed by atoms with Crippen LogP contribution in [0.25, 0.3) is 0 Å². The lowest BCUT2D eigenvalue weighted by molar-refractivity contribution is -0.151. The first-order valence-electron chi connectivity index (χ1n) is 8.91. The van der Waals surface area contributed by atoms with Crippen LogP contribution in [0.2, 0.25) is 0 Å². The Morgan fingerprint density at radius 3 is 2.04 bits per heavy atom. The van der Waals surface area contributed by atoms with Crippen LogP contribution < -0.4 is 0 Å². The molecule has 2 aliphatic carbocycles. The van der Waals surface area contributed by atoms with E-state index in [0.717, 1.165) is 38.5 Å². The standard InChI is InChI=1S/C18H28N2O3/c1-11(15(21)19(4)12(2)18(3)9-10-18)20-16(22)13-7-5-6-8-14(13)17(20)23/h11-14H,5-10H2,1-4H3. The molecule has 0 aromatic carbocycles. The number of carbonyl (C=O) groups excluding carboxylic acids is 3. The van der Waals surface area contributed by atoms with E-state index >= 15 is 0 Å². The van der Waals surface area contributed by atoms with Crippen molar-refractivity contribution in [1.82, 2.24) is 9.80 Å². The molecule has 5 heteroatoms. The summed E-state index contributed by atoms with van der Waals surface area (Å²) in [6.45, 7) is 5.95. The van der Waals surface area contributed by atoms with Gasteiger partial charge in [0, 0.05) is 13.1 Å². The Hall–Kier alpha value is -1.39. The van der Waals surface area contributed by atoms with Crippen molar-refractivity contribution in [3.8, 4) is 0 Å². The van der Waals surface area contributed by atoms with Gasteiger partial charge < -0.3 is 4.90 Å². The van der Waals surface area contributed by atoms with E-state index < -0.39 is 6.04 Å². The predicted octanol–water partition coefficient (Wildman–Crippen LogP) is 2.20. The molecule has 23 heavy (non-hydrogen) atoms. The maximum absolute atomic E-state index is 12.8. The zero-order valence-electron chi connectivity index (χ0n) is 14.7. The molecular weight excluding hydrogens is 292 g/mol. The summed E-state index contributed by atoms with van der Waals surface area (Å²) in [7, 11) is 1.80. The second-order valence-electron chi connectivity index (χ2n) is 8.00. The Balaban J connectivity index is 1.74. The third-order valence-electron chi connectivity index (χ3n) is 6.60. The maximum atomic E-state index is 12.8. The summed E-state index contributed by atoms with van der Waals surface area (Å²) < 4.78 is 0. The van der Waals surface area contributed by atoms with Gasteiger partial charge in [-0.3, -0.25) is 19.3 Å². The molecule has 3 aliphatic rings. The third-order valence-corrected chi connectivity index (χ3v) is 6.60. The van der Waals surface area contributed by atoms with Gasteiger partial charge in [0.1, 0.15) is 6.04 Å². The highest BCUT2D eigenvalue weighted by molar-refractivity contribution is 6.08. The van der Waals surface area contributed by atoms with E-state index in [9.17, 15) is 14.4 Å². The number of likely N-dealkylation sites (N-methyl/N-ethyl adjacent to an activating group) is 1. The highest BCUT2D eigenvalue weighted by atomic mass is 16.2. The molecule has 4 atom stereocenters. The molecule has 1 heterocycles. The number of rotatable bonds is 4. The summed E-state index contributed by atoms with van der Waals surface area (Å²) >= 11 is 0. The minimum atomic E-state index is -0.685. The van der Waals surface area contributed by atoms with Gasteiger partial charge in [-0.05, 0) is 44.9 Å². The molecule has 4 unspecified atom stereocenters. The third kappa shape index (κ3) is 2.58. The minimum absolute atomic E-state index is 0.119. The zero-order valence-corrected chi connectivity index (χ0v) is 14.7. The topological polar surface area (TPSA) is 57.7 Å². The van der Waals surface area contributed by atoms with Gasteiger partial charge in [0.2, 0.25) is 17.7 Å². The molecule has 0 bridgehead atoms. The van der Waals surface area contributed by atoms with Gasteiger partial charge in [0.05, 0.1) is 11.8 Å². The Morgan fingerprint density at radius 2 is 1.61 bits per heavy atom. The summed E-state index contributed by atoms with van der Waals surface area (Å²) in [6.07, 6.45) is 5.85. The van der Waals surface area contributed by atoms with Crippen LogP contribution in [0.5, 0.6) is 0 Å². The van der Waals surface area contributed by atoms with Crippen LogP contribution in [0.3, 0.4) is 0 Å². The van der Waals surface area contributed by atoms with Crippen LogP contribution in [0.1, 0.15) is 59.3 Å². The molecule has 1 aliphatic heterocycles. The van der Waals surface area contributed by atoms with Crippen LogP contribution in [0.15, 0.2) is 0 Å². The number of fused-ring (bicyclic) bond motifs is 1. The van der Waals surface area contributed by atoms with Gasteiger partial charge in [0.25, 0.3) is 0 Å². The van der Waals surface area contributed by atoms with Crippen LogP contribution >= 0.6 is 0 Å². The molecule has 0 aromatic heterocycles. The van der Waals surface area contributed by atoms with E-state index in [4.69, 9.17) is 0 Å². The molecule has 0 aromatic rings. The van der Waals surface area contributed by atoms with Crippen molar-refractivity contribution in [2.24, 2.45) is 17.3 Å². The van der Waals surface area contributed by atoms with Crippen molar-refractivity contribution in [2.75, 3.05) is 7.05 Å². The second-order valence-corrected chi connectivity index (χ2v) is 8.00. The van der Waals surface area contributed by atoms with E-state index in [1.807, 2.05) is 0 Å². The summed E-state index contributed by atoms with van der Waals surface area (Å²) in [5, 5.41) is 0. The van der Waals surface area contributed by atoms with Gasteiger partial charge in [-0.15, -0.1) is 0 Å². The molecule has 0 radical (unpaired) electrons. The van der Waals surface area contributed by atoms with Gasteiger partial charge in [-0.2, -0.15) is 0 Å². The van der Waals surface area contributed by atoms with Crippen molar-refractivity contribution in [2.45, 2.75) is 71.4 Å². The van der Waals surface area contributed by atoms with E-state index in [0.29, 0.717) is 0 Å². The molecule has 3 rings (SSSR count). The van der Waals surface area contributed by atoms with Gasteiger partial charge in [-0.25, -0.2) is 0 Å². The lowest BCUT2D eigenvalue weighted by Crippen LogP contribution is -2.52. The van der Waals surface area contributed by atoms with E-state index in [1.54, 1.807) is 18.9 Å². The Labute approximate surface area is 138 Å². The average molecular weight is 320 g/mol. The van der Waals surface area contributed by atoms with Gasteiger partial charge >= 0.3 is 0 Å². The fraction of sp³-hybridized carbons (Fsp3) is 0.833.